The van der Waals surface area contributed by atoms with Crippen LogP contribution in [0.5, 0.6) is 5.75 Å². The molecule has 0 fully saturated rings. The lowest BCUT2D eigenvalue weighted by atomic mass is 10.2. The van der Waals surface area contributed by atoms with Crippen molar-refractivity contribution < 1.29 is 24.2 Å². The van der Waals surface area contributed by atoms with Crippen molar-refractivity contribution in [2.45, 2.75) is 20.8 Å². The number of phenols is 1. The van der Waals surface area contributed by atoms with Crippen molar-refractivity contribution >= 4 is 11.9 Å². The second-order valence-corrected chi connectivity index (χ2v) is 3.87. The van der Waals surface area contributed by atoms with Crippen molar-refractivity contribution in [3.8, 4) is 5.75 Å². The first-order valence-corrected chi connectivity index (χ1v) is 6.98. The summed E-state index contributed by atoms with van der Waals surface area (Å²) in [6.07, 6.45) is 6.66. The molecule has 0 unspecified atom stereocenters. The molecule has 1 N–H and O–H groups in total. The first-order valence-electron chi connectivity index (χ1n) is 6.98. The van der Waals surface area contributed by atoms with Crippen LogP contribution in [0.1, 0.15) is 31.1 Å². The van der Waals surface area contributed by atoms with Gasteiger partial charge in [-0.2, -0.15) is 0 Å². The van der Waals surface area contributed by atoms with Crippen molar-refractivity contribution in [2.75, 3.05) is 13.2 Å². The van der Waals surface area contributed by atoms with Gasteiger partial charge in [-0.05, 0) is 32.9 Å². The summed E-state index contributed by atoms with van der Waals surface area (Å²) in [5.41, 5.74) is 0.208. The lowest BCUT2D eigenvalue weighted by Gasteiger charge is -2.02. The van der Waals surface area contributed by atoms with Gasteiger partial charge in [0.2, 0.25) is 0 Å². The van der Waals surface area contributed by atoms with E-state index in [-0.39, 0.29) is 17.3 Å². The number of carbonyl (C=O) groups excluding carboxylic acids is 2. The number of phenolic OH excluding ortho intramolecular Hbond substituents is 1. The van der Waals surface area contributed by atoms with Crippen LogP contribution in [0.25, 0.3) is 0 Å². The van der Waals surface area contributed by atoms with E-state index >= 15 is 0 Å². The van der Waals surface area contributed by atoms with Crippen LogP contribution in [-0.4, -0.2) is 30.3 Å². The maximum atomic E-state index is 11.1. The summed E-state index contributed by atoms with van der Waals surface area (Å²) >= 11 is 0. The fourth-order valence-electron chi connectivity index (χ4n) is 1.29. The minimum atomic E-state index is -0.490. The highest BCUT2D eigenvalue weighted by molar-refractivity contribution is 5.92. The number of esters is 2. The molecule has 0 aliphatic carbocycles. The van der Waals surface area contributed by atoms with Gasteiger partial charge in [0.25, 0.3) is 0 Å². The van der Waals surface area contributed by atoms with Gasteiger partial charge in [-0.1, -0.05) is 30.4 Å². The molecule has 0 saturated carbocycles. The van der Waals surface area contributed by atoms with Gasteiger partial charge in [0, 0.05) is 6.08 Å². The predicted octanol–water partition coefficient (Wildman–Crippen LogP) is 3.25. The van der Waals surface area contributed by atoms with Crippen LogP contribution in [0, 0.1) is 0 Å². The maximum Gasteiger partial charge on any atom is 0.341 e. The number of hydrogen-bond acceptors (Lipinski definition) is 5. The summed E-state index contributed by atoms with van der Waals surface area (Å²) in [7, 11) is 0. The van der Waals surface area contributed by atoms with Gasteiger partial charge in [-0.15, -0.1) is 0 Å². The van der Waals surface area contributed by atoms with Crippen molar-refractivity contribution in [3.63, 3.8) is 0 Å². The molecule has 0 heterocycles. The summed E-state index contributed by atoms with van der Waals surface area (Å²) in [5.74, 6) is -0.827. The number of allylic oxidation sites excluding steroid dienone is 3. The van der Waals surface area contributed by atoms with E-state index in [1.165, 1.54) is 18.2 Å². The Balaban J connectivity index is 0.000000409. The van der Waals surface area contributed by atoms with Gasteiger partial charge in [0.15, 0.2) is 0 Å². The minimum absolute atomic E-state index is 0.0454. The summed E-state index contributed by atoms with van der Waals surface area (Å²) < 4.78 is 9.34. The molecule has 0 aliphatic rings. The normalized spacial score (nSPS) is 10.1. The molecule has 5 heteroatoms. The smallest absolute Gasteiger partial charge is 0.341 e. The molecule has 0 bridgehead atoms. The summed E-state index contributed by atoms with van der Waals surface area (Å²) in [4.78, 5) is 21.7. The second-order valence-electron chi connectivity index (χ2n) is 3.87. The summed E-state index contributed by atoms with van der Waals surface area (Å²) in [6.45, 7) is 6.13. The van der Waals surface area contributed by atoms with Crippen LogP contribution in [0.4, 0.5) is 0 Å². The van der Waals surface area contributed by atoms with E-state index in [2.05, 4.69) is 4.74 Å². The van der Waals surface area contributed by atoms with Crippen molar-refractivity contribution in [2.24, 2.45) is 0 Å². The van der Waals surface area contributed by atoms with Gasteiger partial charge < -0.3 is 14.6 Å². The number of carbonyl (C=O) groups is 2. The van der Waals surface area contributed by atoms with Gasteiger partial charge >= 0.3 is 11.9 Å². The Morgan fingerprint density at radius 2 is 1.73 bits per heavy atom. The Labute approximate surface area is 130 Å². The molecule has 0 atom stereocenters. The summed E-state index contributed by atoms with van der Waals surface area (Å²) in [5, 5.41) is 9.21. The third-order valence-electron chi connectivity index (χ3n) is 2.22. The van der Waals surface area contributed by atoms with Gasteiger partial charge in [0.1, 0.15) is 11.3 Å². The van der Waals surface area contributed by atoms with E-state index in [1.807, 2.05) is 13.0 Å². The van der Waals surface area contributed by atoms with E-state index < -0.39 is 5.97 Å². The topological polar surface area (TPSA) is 72.8 Å². The zero-order chi connectivity index (χ0) is 16.8. The molecule has 0 radical (unpaired) electrons. The van der Waals surface area contributed by atoms with Crippen molar-refractivity contribution in [3.05, 3.63) is 54.1 Å². The average molecular weight is 306 g/mol. The first-order chi connectivity index (χ1) is 10.6. The van der Waals surface area contributed by atoms with Crippen LogP contribution in [-0.2, 0) is 14.3 Å². The zero-order valence-corrected chi connectivity index (χ0v) is 13.1. The van der Waals surface area contributed by atoms with Crippen molar-refractivity contribution in [1.82, 2.24) is 0 Å². The molecule has 0 aromatic heterocycles. The van der Waals surface area contributed by atoms with E-state index in [1.54, 1.807) is 38.1 Å². The largest absolute Gasteiger partial charge is 0.507 e. The molecule has 1 rings (SSSR count). The second kappa shape index (κ2) is 12.2. The lowest BCUT2D eigenvalue weighted by molar-refractivity contribution is -0.137. The van der Waals surface area contributed by atoms with E-state index in [0.29, 0.717) is 13.2 Å². The van der Waals surface area contributed by atoms with Crippen molar-refractivity contribution in [1.29, 1.82) is 0 Å². The highest BCUT2D eigenvalue weighted by Gasteiger charge is 2.09. The average Bonchev–Trinajstić information content (AvgIpc) is 2.49. The molecule has 0 aliphatic heterocycles. The number of para-hydroxylation sites is 1. The van der Waals surface area contributed by atoms with Crippen LogP contribution < -0.4 is 0 Å². The number of aromatic hydroxyl groups is 1. The Bertz CT molecular complexity index is 518. The van der Waals surface area contributed by atoms with Gasteiger partial charge in [-0.25, -0.2) is 9.59 Å². The quantitative estimate of drug-likeness (QED) is 0.513. The zero-order valence-electron chi connectivity index (χ0n) is 13.1. The fraction of sp³-hybridized carbons (Fsp3) is 0.294. The highest BCUT2D eigenvalue weighted by Crippen LogP contribution is 2.16. The Morgan fingerprint density at radius 1 is 1.09 bits per heavy atom. The lowest BCUT2D eigenvalue weighted by Crippen LogP contribution is -2.04. The minimum Gasteiger partial charge on any atom is -0.507 e. The van der Waals surface area contributed by atoms with E-state index in [4.69, 9.17) is 4.74 Å². The molecule has 0 saturated heterocycles. The van der Waals surface area contributed by atoms with Crippen LogP contribution in [0.2, 0.25) is 0 Å². The third-order valence-corrected chi connectivity index (χ3v) is 2.22. The Kier molecular flexibility index (Phi) is 10.8. The third kappa shape index (κ3) is 8.58. The molecule has 0 spiro atoms. The molecule has 1 aromatic carbocycles. The number of ether oxygens (including phenoxy) is 2. The number of benzene rings is 1. The monoisotopic (exact) mass is 306 g/mol. The maximum absolute atomic E-state index is 11.1. The molecule has 0 amide bonds. The molecule has 5 nitrogen and oxygen atoms in total. The number of hydrogen-bond donors (Lipinski definition) is 1. The highest BCUT2D eigenvalue weighted by atomic mass is 16.5. The van der Waals surface area contributed by atoms with Crippen LogP contribution in [0.15, 0.2) is 48.6 Å². The van der Waals surface area contributed by atoms with Crippen LogP contribution in [0.3, 0.4) is 0 Å². The Morgan fingerprint density at radius 3 is 2.27 bits per heavy atom. The standard InChI is InChI=1S/C9H10O3.C8H12O2/c1-2-12-9(11)7-5-3-4-6-8(7)10;1-3-5-6-7-8(9)10-4-2/h3-6,10H,2H2,1H3;3,5-7H,4H2,1-2H3/b;5-3+,7-6+. The summed E-state index contributed by atoms with van der Waals surface area (Å²) in [6, 6.07) is 6.30. The fourth-order valence-corrected chi connectivity index (χ4v) is 1.29. The van der Waals surface area contributed by atoms with E-state index in [0.717, 1.165) is 0 Å². The Hall–Kier alpha value is -2.56. The molecule has 22 heavy (non-hydrogen) atoms. The first kappa shape index (κ1) is 19.4. The molecule has 1 aromatic rings. The molecular weight excluding hydrogens is 284 g/mol. The van der Waals surface area contributed by atoms with Gasteiger partial charge in [0.05, 0.1) is 13.2 Å². The SMILES string of the molecule is C/C=C/C=C/C(=O)OCC.CCOC(=O)c1ccccc1O. The predicted molar refractivity (Wildman–Crippen MR) is 84.7 cm³/mol. The van der Waals surface area contributed by atoms with E-state index in [9.17, 15) is 14.7 Å². The number of rotatable bonds is 5. The van der Waals surface area contributed by atoms with Crippen LogP contribution >= 0.6 is 0 Å². The van der Waals surface area contributed by atoms with Gasteiger partial charge in [-0.3, -0.25) is 0 Å². The molecule has 120 valence electrons. The molecular formula is C17H22O5.